The molecular formula is C18H24N6O. The van der Waals surface area contributed by atoms with Gasteiger partial charge in [-0.25, -0.2) is 0 Å². The molecule has 132 valence electrons. The Morgan fingerprint density at radius 1 is 1.24 bits per heavy atom. The third kappa shape index (κ3) is 3.05. The fraction of sp³-hybridized carbons (Fsp3) is 0.500. The molecule has 0 aromatic carbocycles. The van der Waals surface area contributed by atoms with Crippen LogP contribution in [0.4, 0.5) is 5.69 Å². The van der Waals surface area contributed by atoms with Crippen molar-refractivity contribution in [3.63, 3.8) is 0 Å². The van der Waals surface area contributed by atoms with Gasteiger partial charge in [-0.3, -0.25) is 24.3 Å². The van der Waals surface area contributed by atoms with Crippen LogP contribution in [0, 0.1) is 0 Å². The molecule has 0 radical (unpaired) electrons. The highest BCUT2D eigenvalue weighted by Crippen LogP contribution is 2.33. The van der Waals surface area contributed by atoms with Gasteiger partial charge in [0.05, 0.1) is 30.2 Å². The number of likely N-dealkylation sites (N-methyl/N-ethyl adjacent to an activating group) is 1. The standard InChI is InChI=1S/C18H24N6O/c1-21-12-17(25)24(16-4-3-6-19-9-16)14-18(21)5-7-23(13-18)11-15-8-20-22(2)10-15/h3-4,6,8-10H,5,7,11-14H2,1-2H3/t18-/m1/s1. The molecule has 7 nitrogen and oxygen atoms in total. The fourth-order valence-corrected chi connectivity index (χ4v) is 4.04. The van der Waals surface area contributed by atoms with Crippen LogP contribution in [0.3, 0.4) is 0 Å². The Labute approximate surface area is 147 Å². The quantitative estimate of drug-likeness (QED) is 0.825. The summed E-state index contributed by atoms with van der Waals surface area (Å²) >= 11 is 0. The molecule has 1 amide bonds. The van der Waals surface area contributed by atoms with E-state index < -0.39 is 0 Å². The summed E-state index contributed by atoms with van der Waals surface area (Å²) in [5.74, 6) is 0.145. The molecule has 1 atom stereocenters. The smallest absolute Gasteiger partial charge is 0.241 e. The predicted octanol–water partition coefficient (Wildman–Crippen LogP) is 0.738. The maximum atomic E-state index is 12.6. The van der Waals surface area contributed by atoms with Crippen LogP contribution in [0.25, 0.3) is 0 Å². The van der Waals surface area contributed by atoms with Gasteiger partial charge in [-0.15, -0.1) is 0 Å². The maximum Gasteiger partial charge on any atom is 0.241 e. The highest BCUT2D eigenvalue weighted by Gasteiger charge is 2.47. The molecule has 0 unspecified atom stereocenters. The first-order valence-corrected chi connectivity index (χ1v) is 8.67. The summed E-state index contributed by atoms with van der Waals surface area (Å²) in [6.45, 7) is 4.08. The van der Waals surface area contributed by atoms with Crippen molar-refractivity contribution in [2.75, 3.05) is 38.1 Å². The number of amides is 1. The lowest BCUT2D eigenvalue weighted by Gasteiger charge is -2.46. The number of likely N-dealkylation sites (tertiary alicyclic amines) is 1. The van der Waals surface area contributed by atoms with Crippen molar-refractivity contribution in [1.29, 1.82) is 0 Å². The summed E-state index contributed by atoms with van der Waals surface area (Å²) < 4.78 is 1.84. The molecule has 4 rings (SSSR count). The molecule has 1 spiro atoms. The molecule has 2 aromatic rings. The Balaban J connectivity index is 1.51. The fourth-order valence-electron chi connectivity index (χ4n) is 4.04. The summed E-state index contributed by atoms with van der Waals surface area (Å²) in [4.78, 5) is 23.3. The molecule has 0 N–H and O–H groups in total. The van der Waals surface area contributed by atoms with Gasteiger partial charge in [0.2, 0.25) is 5.91 Å². The van der Waals surface area contributed by atoms with Crippen LogP contribution in [0.1, 0.15) is 12.0 Å². The van der Waals surface area contributed by atoms with Gasteiger partial charge in [-0.2, -0.15) is 5.10 Å². The number of hydrogen-bond acceptors (Lipinski definition) is 5. The molecule has 0 aliphatic carbocycles. The van der Waals surface area contributed by atoms with Gasteiger partial charge in [0.15, 0.2) is 0 Å². The van der Waals surface area contributed by atoms with E-state index in [-0.39, 0.29) is 11.4 Å². The Morgan fingerprint density at radius 3 is 2.84 bits per heavy atom. The number of carbonyl (C=O) groups is 1. The monoisotopic (exact) mass is 340 g/mol. The summed E-state index contributed by atoms with van der Waals surface area (Å²) in [5, 5.41) is 4.26. The zero-order valence-electron chi connectivity index (χ0n) is 14.8. The van der Waals surface area contributed by atoms with E-state index in [9.17, 15) is 4.79 Å². The van der Waals surface area contributed by atoms with Crippen LogP contribution in [-0.2, 0) is 18.4 Å². The molecule has 2 saturated heterocycles. The van der Waals surface area contributed by atoms with E-state index in [0.717, 1.165) is 38.3 Å². The van der Waals surface area contributed by atoms with Crippen LogP contribution in [0.2, 0.25) is 0 Å². The Kier molecular flexibility index (Phi) is 4.05. The summed E-state index contributed by atoms with van der Waals surface area (Å²) in [5.41, 5.74) is 2.13. The van der Waals surface area contributed by atoms with Crippen LogP contribution < -0.4 is 4.90 Å². The second-order valence-corrected chi connectivity index (χ2v) is 7.25. The molecule has 4 heterocycles. The molecule has 2 aliphatic heterocycles. The molecule has 7 heteroatoms. The van der Waals surface area contributed by atoms with Crippen LogP contribution >= 0.6 is 0 Å². The Morgan fingerprint density at radius 2 is 2.12 bits per heavy atom. The van der Waals surface area contributed by atoms with Gasteiger partial charge in [0.1, 0.15) is 0 Å². The number of aryl methyl sites for hydroxylation is 1. The van der Waals surface area contributed by atoms with E-state index in [2.05, 4.69) is 33.1 Å². The minimum absolute atomic E-state index is 0.00591. The van der Waals surface area contributed by atoms with Crippen LogP contribution in [0.5, 0.6) is 0 Å². The Hall–Kier alpha value is -2.25. The second-order valence-electron chi connectivity index (χ2n) is 7.25. The van der Waals surface area contributed by atoms with Gasteiger partial charge in [-0.05, 0) is 25.6 Å². The molecule has 0 bridgehead atoms. The van der Waals surface area contributed by atoms with Gasteiger partial charge in [0, 0.05) is 51.2 Å². The van der Waals surface area contributed by atoms with E-state index in [1.165, 1.54) is 5.56 Å². The minimum atomic E-state index is 0.00591. The molecule has 2 aliphatic rings. The lowest BCUT2D eigenvalue weighted by Crippen LogP contribution is -2.64. The molecular weight excluding hydrogens is 316 g/mol. The number of carbonyl (C=O) groups excluding carboxylic acids is 1. The summed E-state index contributed by atoms with van der Waals surface area (Å²) in [6, 6.07) is 3.85. The first-order chi connectivity index (χ1) is 12.1. The normalized spacial score (nSPS) is 25.2. The number of aromatic nitrogens is 3. The lowest BCUT2D eigenvalue weighted by atomic mass is 9.92. The average molecular weight is 340 g/mol. The average Bonchev–Trinajstić information content (AvgIpc) is 3.20. The van der Waals surface area contributed by atoms with Gasteiger partial charge in [-0.1, -0.05) is 0 Å². The van der Waals surface area contributed by atoms with E-state index in [1.807, 2.05) is 35.0 Å². The number of nitrogens with zero attached hydrogens (tertiary/aromatic N) is 6. The molecule has 2 fully saturated rings. The van der Waals surface area contributed by atoms with Gasteiger partial charge < -0.3 is 4.90 Å². The van der Waals surface area contributed by atoms with Crippen LogP contribution in [-0.4, -0.2) is 69.2 Å². The van der Waals surface area contributed by atoms with Crippen molar-refractivity contribution >= 4 is 11.6 Å². The van der Waals surface area contributed by atoms with Gasteiger partial charge >= 0.3 is 0 Å². The van der Waals surface area contributed by atoms with E-state index in [0.29, 0.717) is 6.54 Å². The highest BCUT2D eigenvalue weighted by atomic mass is 16.2. The molecule has 25 heavy (non-hydrogen) atoms. The first-order valence-electron chi connectivity index (χ1n) is 8.67. The zero-order chi connectivity index (χ0) is 17.4. The zero-order valence-corrected chi connectivity index (χ0v) is 14.8. The third-order valence-corrected chi connectivity index (χ3v) is 5.47. The van der Waals surface area contributed by atoms with E-state index in [4.69, 9.17) is 0 Å². The van der Waals surface area contributed by atoms with Gasteiger partial charge in [0.25, 0.3) is 0 Å². The van der Waals surface area contributed by atoms with Crippen molar-refractivity contribution in [3.05, 3.63) is 42.5 Å². The van der Waals surface area contributed by atoms with Crippen LogP contribution in [0.15, 0.2) is 36.9 Å². The lowest BCUT2D eigenvalue weighted by molar-refractivity contribution is -0.123. The number of hydrogen-bond donors (Lipinski definition) is 0. The maximum absolute atomic E-state index is 12.6. The number of piperazine rings is 1. The summed E-state index contributed by atoms with van der Waals surface area (Å²) in [6.07, 6.45) is 8.58. The largest absolute Gasteiger partial charge is 0.308 e. The number of pyridine rings is 1. The SMILES string of the molecule is CN1CC(=O)N(c2cccnc2)C[C@]12CCN(Cc1cnn(C)c1)C2. The van der Waals surface area contributed by atoms with E-state index >= 15 is 0 Å². The Bertz CT molecular complexity index is 760. The van der Waals surface area contributed by atoms with Crippen molar-refractivity contribution in [3.8, 4) is 0 Å². The first kappa shape index (κ1) is 16.2. The molecule has 0 saturated carbocycles. The predicted molar refractivity (Wildman–Crippen MR) is 95.1 cm³/mol. The van der Waals surface area contributed by atoms with E-state index in [1.54, 1.807) is 12.4 Å². The van der Waals surface area contributed by atoms with Crippen molar-refractivity contribution in [1.82, 2.24) is 24.6 Å². The number of rotatable bonds is 3. The highest BCUT2D eigenvalue weighted by molar-refractivity contribution is 5.95. The summed E-state index contributed by atoms with van der Waals surface area (Å²) in [7, 11) is 4.02. The van der Waals surface area contributed by atoms with Crippen molar-refractivity contribution in [2.45, 2.75) is 18.5 Å². The second kappa shape index (κ2) is 6.24. The third-order valence-electron chi connectivity index (χ3n) is 5.47. The molecule has 2 aromatic heterocycles. The topological polar surface area (TPSA) is 57.5 Å². The number of anilines is 1. The van der Waals surface area contributed by atoms with Crippen molar-refractivity contribution < 1.29 is 4.79 Å². The minimum Gasteiger partial charge on any atom is -0.308 e. The van der Waals surface area contributed by atoms with Crippen molar-refractivity contribution in [2.24, 2.45) is 7.05 Å².